The first kappa shape index (κ1) is 15.9. The van der Waals surface area contributed by atoms with E-state index in [1.54, 1.807) is 0 Å². The van der Waals surface area contributed by atoms with Crippen molar-refractivity contribution >= 4 is 35.8 Å². The number of rotatable bonds is 2. The van der Waals surface area contributed by atoms with Gasteiger partial charge in [0.15, 0.2) is 5.96 Å². The molecule has 1 saturated carbocycles. The van der Waals surface area contributed by atoms with E-state index in [1.807, 2.05) is 7.05 Å². The van der Waals surface area contributed by atoms with E-state index in [4.69, 9.17) is 0 Å². The molecule has 1 unspecified atom stereocenters. The Kier molecular flexibility index (Phi) is 5.14. The lowest BCUT2D eigenvalue weighted by Crippen LogP contribution is -2.51. The van der Waals surface area contributed by atoms with Crippen molar-refractivity contribution in [3.8, 4) is 0 Å². The summed E-state index contributed by atoms with van der Waals surface area (Å²) in [5, 5.41) is 6.48. The number of guanidine groups is 1. The second kappa shape index (κ2) is 6.49. The third-order valence-corrected chi connectivity index (χ3v) is 4.61. The van der Waals surface area contributed by atoms with Crippen molar-refractivity contribution in [2.45, 2.75) is 32.1 Å². The number of hydrogen-bond acceptors (Lipinski definition) is 2. The van der Waals surface area contributed by atoms with Crippen LogP contribution >= 0.6 is 24.0 Å². The first-order valence-corrected chi connectivity index (χ1v) is 7.43. The van der Waals surface area contributed by atoms with Gasteiger partial charge < -0.3 is 15.5 Å². The highest BCUT2D eigenvalue weighted by atomic mass is 127. The van der Waals surface area contributed by atoms with Gasteiger partial charge in [0.05, 0.1) is 0 Å². The number of carbonyl (C=O) groups is 1. The fraction of sp³-hybridized carbons (Fsp3) is 0.857. The van der Waals surface area contributed by atoms with Crippen LogP contribution in [0, 0.1) is 11.3 Å². The molecule has 114 valence electrons. The third-order valence-electron chi connectivity index (χ3n) is 4.61. The van der Waals surface area contributed by atoms with Crippen LogP contribution in [0.5, 0.6) is 0 Å². The van der Waals surface area contributed by atoms with Crippen LogP contribution < -0.4 is 10.6 Å². The molecule has 0 aromatic heterocycles. The number of amides is 1. The van der Waals surface area contributed by atoms with Gasteiger partial charge in [-0.3, -0.25) is 9.79 Å². The Morgan fingerprint density at radius 3 is 2.95 bits per heavy atom. The van der Waals surface area contributed by atoms with Crippen LogP contribution in [0.1, 0.15) is 32.1 Å². The number of nitrogens with one attached hydrogen (secondary N) is 2. The van der Waals surface area contributed by atoms with Crippen LogP contribution in [-0.4, -0.2) is 50.0 Å². The Morgan fingerprint density at radius 2 is 2.35 bits per heavy atom. The quantitative estimate of drug-likeness (QED) is 0.422. The van der Waals surface area contributed by atoms with Crippen molar-refractivity contribution in [3.05, 3.63) is 0 Å². The zero-order valence-electron chi connectivity index (χ0n) is 12.2. The smallest absolute Gasteiger partial charge is 0.220 e. The van der Waals surface area contributed by atoms with Gasteiger partial charge in [0.25, 0.3) is 0 Å². The Labute approximate surface area is 138 Å². The standard InChI is InChI=1S/C14H24N4O.HI/c1-15-13(16-8-11-3-4-11)18-6-2-5-14(10-18)7-12(19)17-9-14;/h11H,2-10H2,1H3,(H,15,16)(H,17,19);1H. The summed E-state index contributed by atoms with van der Waals surface area (Å²) in [6.45, 7) is 3.89. The van der Waals surface area contributed by atoms with Crippen molar-refractivity contribution < 1.29 is 4.79 Å². The molecule has 0 bridgehead atoms. The highest BCUT2D eigenvalue weighted by Crippen LogP contribution is 2.36. The molecule has 3 rings (SSSR count). The minimum absolute atomic E-state index is 0. The number of piperidine rings is 1. The van der Waals surface area contributed by atoms with Crippen molar-refractivity contribution in [1.82, 2.24) is 15.5 Å². The Bertz CT molecular complexity index is 397. The molecular formula is C14H25IN4O. The maximum absolute atomic E-state index is 11.5. The molecule has 0 aromatic carbocycles. The number of likely N-dealkylation sites (tertiary alicyclic amines) is 1. The molecular weight excluding hydrogens is 367 g/mol. The van der Waals surface area contributed by atoms with Crippen LogP contribution in [-0.2, 0) is 4.79 Å². The van der Waals surface area contributed by atoms with Crippen LogP contribution in [0.4, 0.5) is 0 Å². The summed E-state index contributed by atoms with van der Waals surface area (Å²) in [4.78, 5) is 18.3. The summed E-state index contributed by atoms with van der Waals surface area (Å²) in [7, 11) is 1.86. The summed E-state index contributed by atoms with van der Waals surface area (Å²) < 4.78 is 0. The maximum atomic E-state index is 11.5. The van der Waals surface area contributed by atoms with Crippen molar-refractivity contribution in [2.75, 3.05) is 33.2 Å². The summed E-state index contributed by atoms with van der Waals surface area (Å²) in [6.07, 6.45) is 5.70. The molecule has 1 spiro atoms. The molecule has 1 aliphatic carbocycles. The Hall–Kier alpha value is -0.530. The summed E-state index contributed by atoms with van der Waals surface area (Å²) >= 11 is 0. The SMILES string of the molecule is CN=C(NCC1CC1)N1CCCC2(CNC(=O)C2)C1.I. The molecule has 3 fully saturated rings. The lowest BCUT2D eigenvalue weighted by atomic mass is 9.79. The van der Waals surface area contributed by atoms with Crippen molar-refractivity contribution in [1.29, 1.82) is 0 Å². The van der Waals surface area contributed by atoms with E-state index in [-0.39, 0.29) is 35.3 Å². The van der Waals surface area contributed by atoms with Gasteiger partial charge in [0.2, 0.25) is 5.91 Å². The van der Waals surface area contributed by atoms with Gasteiger partial charge in [-0.25, -0.2) is 0 Å². The molecule has 0 radical (unpaired) electrons. The minimum Gasteiger partial charge on any atom is -0.356 e. The van der Waals surface area contributed by atoms with Crippen molar-refractivity contribution in [2.24, 2.45) is 16.3 Å². The number of carbonyl (C=O) groups excluding carboxylic acids is 1. The average Bonchev–Trinajstić information content (AvgIpc) is 3.16. The van der Waals surface area contributed by atoms with Gasteiger partial charge >= 0.3 is 0 Å². The molecule has 1 atom stereocenters. The zero-order valence-corrected chi connectivity index (χ0v) is 14.5. The summed E-state index contributed by atoms with van der Waals surface area (Å²) in [5.41, 5.74) is 0.145. The van der Waals surface area contributed by atoms with E-state index >= 15 is 0 Å². The minimum atomic E-state index is 0. The van der Waals surface area contributed by atoms with Gasteiger partial charge in [-0.1, -0.05) is 0 Å². The molecule has 1 amide bonds. The fourth-order valence-electron chi connectivity index (χ4n) is 3.32. The Morgan fingerprint density at radius 1 is 1.55 bits per heavy atom. The van der Waals surface area contributed by atoms with Gasteiger partial charge in [0.1, 0.15) is 0 Å². The lowest BCUT2D eigenvalue weighted by molar-refractivity contribution is -0.119. The van der Waals surface area contributed by atoms with Crippen LogP contribution in [0.15, 0.2) is 4.99 Å². The monoisotopic (exact) mass is 392 g/mol. The molecule has 2 N–H and O–H groups in total. The van der Waals surface area contributed by atoms with Crippen LogP contribution in [0.25, 0.3) is 0 Å². The number of halogens is 1. The number of nitrogens with zero attached hydrogens (tertiary/aromatic N) is 2. The highest BCUT2D eigenvalue weighted by molar-refractivity contribution is 14.0. The summed E-state index contributed by atoms with van der Waals surface area (Å²) in [6, 6.07) is 0. The fourth-order valence-corrected chi connectivity index (χ4v) is 3.32. The van der Waals surface area contributed by atoms with Crippen LogP contribution in [0.2, 0.25) is 0 Å². The zero-order chi connectivity index (χ0) is 13.3. The highest BCUT2D eigenvalue weighted by Gasteiger charge is 2.42. The van der Waals surface area contributed by atoms with Gasteiger partial charge in [-0.05, 0) is 31.6 Å². The van der Waals surface area contributed by atoms with E-state index in [0.29, 0.717) is 6.42 Å². The predicted molar refractivity (Wildman–Crippen MR) is 90.4 cm³/mol. The molecule has 2 saturated heterocycles. The lowest BCUT2D eigenvalue weighted by Gasteiger charge is -2.40. The molecule has 20 heavy (non-hydrogen) atoms. The molecule has 2 aliphatic heterocycles. The molecule has 6 heteroatoms. The molecule has 5 nitrogen and oxygen atoms in total. The maximum Gasteiger partial charge on any atom is 0.220 e. The first-order valence-electron chi connectivity index (χ1n) is 7.43. The summed E-state index contributed by atoms with van der Waals surface area (Å²) in [5.74, 6) is 2.08. The average molecular weight is 392 g/mol. The molecule has 3 aliphatic rings. The first-order chi connectivity index (χ1) is 9.21. The third kappa shape index (κ3) is 3.56. The largest absolute Gasteiger partial charge is 0.356 e. The predicted octanol–water partition coefficient (Wildman–Crippen LogP) is 1.19. The second-order valence-corrected chi connectivity index (χ2v) is 6.35. The Balaban J connectivity index is 0.00000147. The topological polar surface area (TPSA) is 56.7 Å². The van der Waals surface area contributed by atoms with E-state index in [1.165, 1.54) is 12.8 Å². The van der Waals surface area contributed by atoms with E-state index in [9.17, 15) is 4.79 Å². The number of aliphatic imine (C=N–C) groups is 1. The van der Waals surface area contributed by atoms with Crippen LogP contribution in [0.3, 0.4) is 0 Å². The molecule has 0 aromatic rings. The van der Waals surface area contributed by atoms with E-state index in [0.717, 1.165) is 50.9 Å². The van der Waals surface area contributed by atoms with Gasteiger partial charge in [-0.2, -0.15) is 0 Å². The van der Waals surface area contributed by atoms with E-state index in [2.05, 4.69) is 20.5 Å². The van der Waals surface area contributed by atoms with Crippen molar-refractivity contribution in [3.63, 3.8) is 0 Å². The van der Waals surface area contributed by atoms with Gasteiger partial charge in [-0.15, -0.1) is 24.0 Å². The molecule has 2 heterocycles. The number of hydrogen-bond donors (Lipinski definition) is 2. The van der Waals surface area contributed by atoms with Gasteiger partial charge in [0, 0.05) is 45.1 Å². The second-order valence-electron chi connectivity index (χ2n) is 6.35. The normalized spacial score (nSPS) is 30.1. The van der Waals surface area contributed by atoms with E-state index < -0.39 is 0 Å².